The van der Waals surface area contributed by atoms with Crippen LogP contribution >= 0.6 is 12.4 Å². The molecule has 0 radical (unpaired) electrons. The van der Waals surface area contributed by atoms with Gasteiger partial charge < -0.3 is 15.0 Å². The highest BCUT2D eigenvalue weighted by Crippen LogP contribution is 2.41. The van der Waals surface area contributed by atoms with Crippen LogP contribution in [-0.4, -0.2) is 36.8 Å². The molecule has 1 saturated heterocycles. The lowest BCUT2D eigenvalue weighted by Gasteiger charge is -2.30. The zero-order valence-electron chi connectivity index (χ0n) is 11.9. The zero-order chi connectivity index (χ0) is 15.2. The summed E-state index contributed by atoms with van der Waals surface area (Å²) in [6.07, 6.45) is -4.22. The van der Waals surface area contributed by atoms with Crippen LogP contribution < -0.4 is 10.1 Å². The maximum Gasteiger partial charge on any atom is 0.573 e. The molecule has 2 heterocycles. The summed E-state index contributed by atoms with van der Waals surface area (Å²) >= 11 is 0. The molecule has 1 atom stereocenters. The minimum Gasteiger partial charge on any atom is -0.405 e. The molecule has 0 aliphatic carbocycles. The second-order valence-corrected chi connectivity index (χ2v) is 5.18. The molecule has 8 heteroatoms. The number of amides is 1. The topological polar surface area (TPSA) is 41.6 Å². The molecule has 0 saturated carbocycles. The van der Waals surface area contributed by atoms with Gasteiger partial charge in [0.1, 0.15) is 5.75 Å². The van der Waals surface area contributed by atoms with Crippen molar-refractivity contribution in [3.63, 3.8) is 0 Å². The Morgan fingerprint density at radius 3 is 2.77 bits per heavy atom. The molecule has 4 nitrogen and oxygen atoms in total. The fraction of sp³-hybridized carbons (Fsp3) is 0.500. The second-order valence-electron chi connectivity index (χ2n) is 5.18. The van der Waals surface area contributed by atoms with Crippen molar-refractivity contribution in [3.8, 4) is 5.75 Å². The van der Waals surface area contributed by atoms with E-state index in [1.54, 1.807) is 4.90 Å². The van der Waals surface area contributed by atoms with E-state index in [-0.39, 0.29) is 35.7 Å². The second kappa shape index (κ2) is 5.96. The molecule has 1 aromatic carbocycles. The molecule has 0 spiro atoms. The Bertz CT molecular complexity index is 592. The largest absolute Gasteiger partial charge is 0.573 e. The molecule has 1 N–H and O–H groups in total. The minimum atomic E-state index is -4.80. The maximum absolute atomic E-state index is 12.6. The third kappa shape index (κ3) is 2.87. The lowest BCUT2D eigenvalue weighted by molar-refractivity contribution is -0.274. The van der Waals surface area contributed by atoms with Crippen molar-refractivity contribution in [1.82, 2.24) is 10.2 Å². The quantitative estimate of drug-likeness (QED) is 0.903. The number of piperazine rings is 1. The van der Waals surface area contributed by atoms with Gasteiger partial charge >= 0.3 is 6.36 Å². The van der Waals surface area contributed by atoms with Gasteiger partial charge in [-0.3, -0.25) is 4.79 Å². The molecule has 1 fully saturated rings. The summed E-state index contributed by atoms with van der Waals surface area (Å²) in [5.41, 5.74) is 1.41. The Hall–Kier alpha value is -1.47. The number of halogens is 4. The molecule has 1 amide bonds. The first kappa shape index (κ1) is 16.9. The van der Waals surface area contributed by atoms with E-state index in [0.717, 1.165) is 5.56 Å². The molecular formula is C14H16ClF3N2O2. The molecule has 0 bridgehead atoms. The monoisotopic (exact) mass is 336 g/mol. The van der Waals surface area contributed by atoms with Gasteiger partial charge in [-0.2, -0.15) is 0 Å². The van der Waals surface area contributed by atoms with Crippen molar-refractivity contribution < 1.29 is 22.7 Å². The van der Waals surface area contributed by atoms with E-state index in [2.05, 4.69) is 10.1 Å². The number of benzene rings is 1. The van der Waals surface area contributed by atoms with Gasteiger partial charge in [0, 0.05) is 19.6 Å². The van der Waals surface area contributed by atoms with Gasteiger partial charge in [0.05, 0.1) is 11.6 Å². The summed E-state index contributed by atoms with van der Waals surface area (Å²) < 4.78 is 41.8. The molecule has 2 aliphatic rings. The number of aryl methyl sites for hydroxylation is 1. The Kier molecular flexibility index (Phi) is 4.58. The van der Waals surface area contributed by atoms with Crippen molar-refractivity contribution in [1.29, 1.82) is 0 Å². The number of carbonyl (C=O) groups is 1. The van der Waals surface area contributed by atoms with Gasteiger partial charge in [-0.1, -0.05) is 13.0 Å². The first-order chi connectivity index (χ1) is 9.90. The van der Waals surface area contributed by atoms with Crippen LogP contribution in [0.5, 0.6) is 5.75 Å². The number of alkyl halides is 3. The van der Waals surface area contributed by atoms with E-state index >= 15 is 0 Å². The fourth-order valence-corrected chi connectivity index (χ4v) is 2.97. The zero-order valence-corrected chi connectivity index (χ0v) is 12.7. The Morgan fingerprint density at radius 1 is 1.41 bits per heavy atom. The molecule has 2 aliphatic heterocycles. The van der Waals surface area contributed by atoms with E-state index in [4.69, 9.17) is 0 Å². The number of nitrogens with zero attached hydrogens (tertiary/aromatic N) is 1. The first-order valence-electron chi connectivity index (χ1n) is 6.85. The molecular weight excluding hydrogens is 321 g/mol. The van der Waals surface area contributed by atoms with Gasteiger partial charge in [-0.05, 0) is 23.6 Å². The van der Waals surface area contributed by atoms with E-state index in [9.17, 15) is 18.0 Å². The van der Waals surface area contributed by atoms with Gasteiger partial charge in [0.2, 0.25) is 0 Å². The van der Waals surface area contributed by atoms with Crippen molar-refractivity contribution in [2.45, 2.75) is 25.7 Å². The van der Waals surface area contributed by atoms with Crippen LogP contribution in [0.4, 0.5) is 13.2 Å². The van der Waals surface area contributed by atoms with Crippen LogP contribution in [0, 0.1) is 0 Å². The molecule has 0 aromatic heterocycles. The van der Waals surface area contributed by atoms with Crippen molar-refractivity contribution >= 4 is 18.3 Å². The van der Waals surface area contributed by atoms with Crippen LogP contribution in [0.25, 0.3) is 0 Å². The van der Waals surface area contributed by atoms with E-state index < -0.39 is 6.36 Å². The van der Waals surface area contributed by atoms with Crippen LogP contribution in [0.2, 0.25) is 0 Å². The highest BCUT2D eigenvalue weighted by atomic mass is 35.5. The number of fused-ring (bicyclic) bond motifs is 3. The third-order valence-electron chi connectivity index (χ3n) is 3.90. The van der Waals surface area contributed by atoms with Crippen LogP contribution in [0.1, 0.15) is 34.5 Å². The first-order valence-corrected chi connectivity index (χ1v) is 6.85. The van der Waals surface area contributed by atoms with E-state index in [1.165, 1.54) is 6.07 Å². The van der Waals surface area contributed by atoms with Gasteiger partial charge in [-0.15, -0.1) is 25.6 Å². The molecule has 122 valence electrons. The van der Waals surface area contributed by atoms with Crippen molar-refractivity contribution in [2.75, 3.05) is 19.6 Å². The number of rotatable bonds is 2. The number of ether oxygens (including phenoxy) is 1. The Labute approximate surface area is 132 Å². The Balaban J connectivity index is 0.00000176. The smallest absolute Gasteiger partial charge is 0.405 e. The highest BCUT2D eigenvalue weighted by Gasteiger charge is 2.42. The SMILES string of the molecule is CCc1cc(OC(F)(F)F)c2c(c1)[C@@H]1CNCCN1C2=O.Cl. The van der Waals surface area contributed by atoms with Crippen molar-refractivity contribution in [2.24, 2.45) is 0 Å². The van der Waals surface area contributed by atoms with Crippen molar-refractivity contribution in [3.05, 3.63) is 28.8 Å². The molecule has 22 heavy (non-hydrogen) atoms. The molecule has 0 unspecified atom stereocenters. The van der Waals surface area contributed by atoms with Crippen LogP contribution in [0.3, 0.4) is 0 Å². The summed E-state index contributed by atoms with van der Waals surface area (Å²) in [5, 5.41) is 3.17. The normalized spacial score (nSPS) is 20.3. The van der Waals surface area contributed by atoms with Crippen LogP contribution in [0.15, 0.2) is 12.1 Å². The Morgan fingerprint density at radius 2 is 2.14 bits per heavy atom. The summed E-state index contributed by atoms with van der Waals surface area (Å²) in [6.45, 7) is 3.54. The standard InChI is InChI=1S/C14H15F3N2O2.ClH/c1-2-8-5-9-10-7-18-3-4-19(10)13(20)12(9)11(6-8)21-14(15,16)17;/h5-6,10,18H,2-4,7H2,1H3;1H/t10-;/m0./s1. The minimum absolute atomic E-state index is 0. The predicted molar refractivity (Wildman–Crippen MR) is 76.4 cm³/mol. The number of hydrogen-bond donors (Lipinski definition) is 1. The van der Waals surface area contributed by atoms with E-state index in [0.29, 0.717) is 31.6 Å². The molecule has 3 rings (SSSR count). The lowest BCUT2D eigenvalue weighted by Crippen LogP contribution is -2.44. The number of hydrogen-bond acceptors (Lipinski definition) is 3. The average molecular weight is 337 g/mol. The number of carbonyl (C=O) groups excluding carboxylic acids is 1. The summed E-state index contributed by atoms with van der Waals surface area (Å²) in [5.74, 6) is -0.755. The predicted octanol–water partition coefficient (Wildman–Crippen LogP) is 2.67. The van der Waals surface area contributed by atoms with Crippen LogP contribution in [-0.2, 0) is 6.42 Å². The molecule has 1 aromatic rings. The van der Waals surface area contributed by atoms with Gasteiger partial charge in [0.25, 0.3) is 5.91 Å². The average Bonchev–Trinajstić information content (AvgIpc) is 2.71. The van der Waals surface area contributed by atoms with E-state index in [1.807, 2.05) is 13.0 Å². The van der Waals surface area contributed by atoms with Gasteiger partial charge in [0.15, 0.2) is 0 Å². The summed E-state index contributed by atoms with van der Waals surface area (Å²) in [7, 11) is 0. The fourth-order valence-electron chi connectivity index (χ4n) is 2.97. The van der Waals surface area contributed by atoms with Gasteiger partial charge in [-0.25, -0.2) is 0 Å². The third-order valence-corrected chi connectivity index (χ3v) is 3.90. The highest BCUT2D eigenvalue weighted by molar-refractivity contribution is 6.02. The lowest BCUT2D eigenvalue weighted by atomic mass is 9.98. The summed E-state index contributed by atoms with van der Waals surface area (Å²) in [6, 6.07) is 2.92. The number of nitrogens with one attached hydrogen (secondary N) is 1. The summed E-state index contributed by atoms with van der Waals surface area (Å²) in [4.78, 5) is 14.0. The maximum atomic E-state index is 12.6.